The Bertz CT molecular complexity index is 1120. The van der Waals surface area contributed by atoms with Crippen LogP contribution in [0.25, 0.3) is 11.4 Å². The lowest BCUT2D eigenvalue weighted by Crippen LogP contribution is -2.17. The number of nitrogens with one attached hydrogen (secondary N) is 1. The zero-order valence-corrected chi connectivity index (χ0v) is 16.7. The summed E-state index contributed by atoms with van der Waals surface area (Å²) in [5.41, 5.74) is 1.32. The Hall–Kier alpha value is -3.27. The molecule has 0 spiro atoms. The van der Waals surface area contributed by atoms with Crippen LogP contribution in [0.5, 0.6) is 11.5 Å². The molecule has 0 atom stereocenters. The number of anilines is 1. The van der Waals surface area contributed by atoms with E-state index < -0.39 is 0 Å². The first-order valence-electron chi connectivity index (χ1n) is 8.90. The first-order valence-corrected chi connectivity index (χ1v) is 9.88. The molecule has 3 aromatic rings. The lowest BCUT2D eigenvalue weighted by Gasteiger charge is -2.18. The van der Waals surface area contributed by atoms with Gasteiger partial charge in [0.05, 0.1) is 5.75 Å². The SMILES string of the molecule is Cn1c(SCC(=O)Nc2ccc3c(c2)OCCO3)nnc1-c1ccc(=O)n(C)c1. The van der Waals surface area contributed by atoms with Crippen LogP contribution in [0.1, 0.15) is 0 Å². The summed E-state index contributed by atoms with van der Waals surface area (Å²) in [4.78, 5) is 23.9. The summed E-state index contributed by atoms with van der Waals surface area (Å²) in [5, 5.41) is 11.8. The third kappa shape index (κ3) is 4.11. The second kappa shape index (κ2) is 8.00. The van der Waals surface area contributed by atoms with E-state index in [0.717, 1.165) is 5.56 Å². The zero-order valence-electron chi connectivity index (χ0n) is 15.9. The molecule has 4 rings (SSSR count). The van der Waals surface area contributed by atoms with Crippen LogP contribution in [0.15, 0.2) is 46.5 Å². The maximum absolute atomic E-state index is 12.3. The van der Waals surface area contributed by atoms with E-state index in [-0.39, 0.29) is 17.2 Å². The van der Waals surface area contributed by atoms with Crippen LogP contribution >= 0.6 is 11.8 Å². The highest BCUT2D eigenvalue weighted by Crippen LogP contribution is 2.32. The van der Waals surface area contributed by atoms with Gasteiger partial charge in [0.1, 0.15) is 13.2 Å². The smallest absolute Gasteiger partial charge is 0.250 e. The van der Waals surface area contributed by atoms with E-state index in [2.05, 4.69) is 15.5 Å². The number of rotatable bonds is 5. The number of ether oxygens (including phenoxy) is 2. The number of fused-ring (bicyclic) bond motifs is 1. The molecule has 1 aliphatic heterocycles. The predicted molar refractivity (Wildman–Crippen MR) is 108 cm³/mol. The van der Waals surface area contributed by atoms with E-state index in [1.54, 1.807) is 42.1 Å². The van der Waals surface area contributed by atoms with Gasteiger partial charge in [0.25, 0.3) is 0 Å². The van der Waals surface area contributed by atoms with Crippen LogP contribution in [0.2, 0.25) is 0 Å². The minimum atomic E-state index is -0.168. The number of aryl methyl sites for hydroxylation is 1. The van der Waals surface area contributed by atoms with Gasteiger partial charge in [0.2, 0.25) is 11.5 Å². The number of aromatic nitrogens is 4. The highest BCUT2D eigenvalue weighted by atomic mass is 32.2. The molecule has 9 nitrogen and oxygen atoms in total. The van der Waals surface area contributed by atoms with Crippen LogP contribution in [-0.4, -0.2) is 44.2 Å². The monoisotopic (exact) mass is 413 g/mol. The van der Waals surface area contributed by atoms with Crippen LogP contribution in [-0.2, 0) is 18.9 Å². The van der Waals surface area contributed by atoms with Crippen molar-refractivity contribution < 1.29 is 14.3 Å². The molecule has 0 saturated heterocycles. The standard InChI is InChI=1S/C19H19N5O4S/c1-23-10-12(3-6-17(23)26)18-21-22-19(24(18)2)29-11-16(25)20-13-4-5-14-15(9-13)28-8-7-27-14/h3-6,9-10H,7-8,11H2,1-2H3,(H,20,25). The fraction of sp³-hybridized carbons (Fsp3) is 0.263. The summed E-state index contributed by atoms with van der Waals surface area (Å²) >= 11 is 1.28. The average molecular weight is 413 g/mol. The van der Waals surface area contributed by atoms with Gasteiger partial charge in [-0.15, -0.1) is 10.2 Å². The van der Waals surface area contributed by atoms with Gasteiger partial charge in [-0.25, -0.2) is 0 Å². The number of nitrogens with zero attached hydrogens (tertiary/aromatic N) is 4. The van der Waals surface area contributed by atoms with Crippen molar-refractivity contribution in [1.82, 2.24) is 19.3 Å². The third-order valence-electron chi connectivity index (χ3n) is 4.34. The Morgan fingerprint density at radius 3 is 2.72 bits per heavy atom. The van der Waals surface area contributed by atoms with Crippen LogP contribution in [0.4, 0.5) is 5.69 Å². The summed E-state index contributed by atoms with van der Waals surface area (Å²) < 4.78 is 14.3. The van der Waals surface area contributed by atoms with E-state index >= 15 is 0 Å². The molecule has 150 valence electrons. The molecule has 0 radical (unpaired) electrons. The summed E-state index contributed by atoms with van der Waals surface area (Å²) in [6.45, 7) is 1.01. The molecule has 2 aromatic heterocycles. The van der Waals surface area contributed by atoms with E-state index in [1.807, 2.05) is 7.05 Å². The number of hydrogen-bond donors (Lipinski definition) is 1. The Labute approximate surface area is 170 Å². The van der Waals surface area contributed by atoms with Crippen molar-refractivity contribution in [3.63, 3.8) is 0 Å². The predicted octanol–water partition coefficient (Wildman–Crippen LogP) is 1.68. The Morgan fingerprint density at radius 1 is 1.14 bits per heavy atom. The second-order valence-electron chi connectivity index (χ2n) is 6.43. The third-order valence-corrected chi connectivity index (χ3v) is 5.36. The second-order valence-corrected chi connectivity index (χ2v) is 7.37. The van der Waals surface area contributed by atoms with Crippen LogP contribution < -0.4 is 20.3 Å². The normalized spacial score (nSPS) is 12.6. The largest absolute Gasteiger partial charge is 0.486 e. The van der Waals surface area contributed by atoms with Crippen molar-refractivity contribution in [2.75, 3.05) is 24.3 Å². The summed E-state index contributed by atoms with van der Waals surface area (Å²) in [7, 11) is 3.50. The summed E-state index contributed by atoms with van der Waals surface area (Å²) in [6, 6.07) is 8.49. The van der Waals surface area contributed by atoms with Crippen molar-refractivity contribution in [3.05, 3.63) is 46.9 Å². The Balaban J connectivity index is 1.40. The first-order chi connectivity index (χ1) is 14.0. The molecule has 29 heavy (non-hydrogen) atoms. The minimum Gasteiger partial charge on any atom is -0.486 e. The summed E-state index contributed by atoms with van der Waals surface area (Å²) in [5.74, 6) is 1.92. The number of carbonyl (C=O) groups excluding carboxylic acids is 1. The van der Waals surface area contributed by atoms with Crippen LogP contribution in [0, 0.1) is 0 Å². The molecule has 10 heteroatoms. The lowest BCUT2D eigenvalue weighted by molar-refractivity contribution is -0.113. The van der Waals surface area contributed by atoms with Gasteiger partial charge in [-0.2, -0.15) is 0 Å². The van der Waals surface area contributed by atoms with Crippen molar-refractivity contribution in [1.29, 1.82) is 0 Å². The van der Waals surface area contributed by atoms with E-state index in [4.69, 9.17) is 9.47 Å². The lowest BCUT2D eigenvalue weighted by atomic mass is 10.2. The molecule has 1 aliphatic rings. The number of thioether (sulfide) groups is 1. The number of benzene rings is 1. The molecule has 0 bridgehead atoms. The maximum atomic E-state index is 12.3. The minimum absolute atomic E-state index is 0.0960. The van der Waals surface area contributed by atoms with Crippen LogP contribution in [0.3, 0.4) is 0 Å². The van der Waals surface area contributed by atoms with Gasteiger partial charge >= 0.3 is 0 Å². The molecule has 3 heterocycles. The zero-order chi connectivity index (χ0) is 20.4. The molecule has 1 N–H and O–H groups in total. The fourth-order valence-electron chi connectivity index (χ4n) is 2.87. The van der Waals surface area contributed by atoms with Gasteiger partial charge in [0.15, 0.2) is 22.5 Å². The molecule has 0 fully saturated rings. The number of pyridine rings is 1. The van der Waals surface area contributed by atoms with E-state index in [9.17, 15) is 9.59 Å². The molecular formula is C19H19N5O4S. The quantitative estimate of drug-likeness (QED) is 0.635. The molecule has 0 unspecified atom stereocenters. The van der Waals surface area contributed by atoms with Crippen molar-refractivity contribution >= 4 is 23.4 Å². The number of carbonyl (C=O) groups is 1. The van der Waals surface area contributed by atoms with E-state index in [0.29, 0.717) is 41.4 Å². The molecule has 0 saturated carbocycles. The number of amides is 1. The van der Waals surface area contributed by atoms with Crippen molar-refractivity contribution in [2.45, 2.75) is 5.16 Å². The van der Waals surface area contributed by atoms with E-state index in [1.165, 1.54) is 22.4 Å². The highest BCUT2D eigenvalue weighted by molar-refractivity contribution is 7.99. The molecule has 0 aliphatic carbocycles. The Morgan fingerprint density at radius 2 is 1.93 bits per heavy atom. The Kier molecular flexibility index (Phi) is 5.26. The van der Waals surface area contributed by atoms with Crippen molar-refractivity contribution in [3.8, 4) is 22.9 Å². The topological polar surface area (TPSA) is 100 Å². The van der Waals surface area contributed by atoms with Crippen molar-refractivity contribution in [2.24, 2.45) is 14.1 Å². The van der Waals surface area contributed by atoms with Gasteiger partial charge in [0, 0.05) is 43.7 Å². The summed E-state index contributed by atoms with van der Waals surface area (Å²) in [6.07, 6.45) is 1.70. The first kappa shape index (κ1) is 19.1. The van der Waals surface area contributed by atoms with Gasteiger partial charge < -0.3 is 23.9 Å². The van der Waals surface area contributed by atoms with Gasteiger partial charge in [-0.3, -0.25) is 9.59 Å². The van der Waals surface area contributed by atoms with Gasteiger partial charge in [-0.1, -0.05) is 11.8 Å². The average Bonchev–Trinajstić information content (AvgIpc) is 3.09. The maximum Gasteiger partial charge on any atom is 0.250 e. The molecule has 1 aromatic carbocycles. The number of hydrogen-bond acceptors (Lipinski definition) is 7. The molecule has 1 amide bonds. The fourth-order valence-corrected chi connectivity index (χ4v) is 3.58. The van der Waals surface area contributed by atoms with Gasteiger partial charge in [-0.05, 0) is 18.2 Å². The highest BCUT2D eigenvalue weighted by Gasteiger charge is 2.15. The molecular weight excluding hydrogens is 394 g/mol.